The van der Waals surface area contributed by atoms with E-state index in [1.165, 1.54) is 24.3 Å². The molecule has 5 nitrogen and oxygen atoms in total. The topological polar surface area (TPSA) is 72.2 Å². The van der Waals surface area contributed by atoms with Gasteiger partial charge in [0.05, 0.1) is 21.8 Å². The molecule has 29 heavy (non-hydrogen) atoms. The average molecular weight is 445 g/mol. The normalized spacial score (nSPS) is 11.4. The maximum atomic E-state index is 12.7. The lowest BCUT2D eigenvalue weighted by Crippen LogP contribution is -2.13. The van der Waals surface area contributed by atoms with Crippen molar-refractivity contribution in [1.29, 1.82) is 0 Å². The minimum absolute atomic E-state index is 0.0760. The fourth-order valence-electron chi connectivity index (χ4n) is 2.70. The molecule has 4 rings (SSSR count). The molecule has 0 saturated heterocycles. The van der Waals surface area contributed by atoms with Crippen LogP contribution in [-0.4, -0.2) is 13.4 Å². The van der Waals surface area contributed by atoms with Crippen LogP contribution in [0.4, 0.5) is 5.69 Å². The van der Waals surface area contributed by atoms with Crippen molar-refractivity contribution in [1.82, 2.24) is 4.98 Å². The zero-order chi connectivity index (χ0) is 20.4. The molecule has 0 bridgehead atoms. The minimum Gasteiger partial charge on any atom is -0.436 e. The van der Waals surface area contributed by atoms with Gasteiger partial charge in [-0.25, -0.2) is 13.4 Å². The second-order valence-electron chi connectivity index (χ2n) is 6.15. The van der Waals surface area contributed by atoms with E-state index in [4.69, 9.17) is 27.6 Å². The number of oxazole rings is 1. The van der Waals surface area contributed by atoms with Crippen LogP contribution in [0.3, 0.4) is 0 Å². The molecule has 1 aromatic heterocycles. The predicted molar refractivity (Wildman–Crippen MR) is 115 cm³/mol. The van der Waals surface area contributed by atoms with Gasteiger partial charge in [0.15, 0.2) is 5.76 Å². The van der Waals surface area contributed by atoms with Gasteiger partial charge in [-0.15, -0.1) is 0 Å². The van der Waals surface area contributed by atoms with Crippen molar-refractivity contribution in [3.63, 3.8) is 0 Å². The standard InChI is InChI=1S/C21H14Cl2N2O3S/c22-16-8-11-18(23)19(12-16)25-29(26,27)17-9-6-15(7-10-17)21-24-13-20(28-21)14-4-2-1-3-5-14/h1-13,25H. The largest absolute Gasteiger partial charge is 0.436 e. The first-order valence-corrected chi connectivity index (χ1v) is 10.8. The summed E-state index contributed by atoms with van der Waals surface area (Å²) in [5.74, 6) is 1.04. The molecule has 0 radical (unpaired) electrons. The van der Waals surface area contributed by atoms with Gasteiger partial charge in [0.25, 0.3) is 10.0 Å². The highest BCUT2D eigenvalue weighted by Gasteiger charge is 2.17. The first-order valence-electron chi connectivity index (χ1n) is 8.52. The Morgan fingerprint density at radius 2 is 1.59 bits per heavy atom. The molecule has 0 unspecified atom stereocenters. The maximum absolute atomic E-state index is 12.7. The van der Waals surface area contributed by atoms with Crippen molar-refractivity contribution in [2.45, 2.75) is 4.90 Å². The van der Waals surface area contributed by atoms with E-state index < -0.39 is 10.0 Å². The molecule has 3 aromatic carbocycles. The van der Waals surface area contributed by atoms with E-state index in [9.17, 15) is 8.42 Å². The second kappa shape index (κ2) is 7.91. The van der Waals surface area contributed by atoms with E-state index in [0.29, 0.717) is 22.2 Å². The zero-order valence-corrected chi connectivity index (χ0v) is 17.2. The van der Waals surface area contributed by atoms with E-state index in [0.717, 1.165) is 5.56 Å². The SMILES string of the molecule is O=S(=O)(Nc1cc(Cl)ccc1Cl)c1ccc(-c2ncc(-c3ccccc3)o2)cc1. The Hall–Kier alpha value is -2.80. The monoisotopic (exact) mass is 444 g/mol. The average Bonchev–Trinajstić information content (AvgIpc) is 3.22. The Morgan fingerprint density at radius 1 is 0.862 bits per heavy atom. The van der Waals surface area contributed by atoms with E-state index >= 15 is 0 Å². The summed E-state index contributed by atoms with van der Waals surface area (Å²) in [5.41, 5.74) is 1.78. The molecule has 0 aliphatic carbocycles. The summed E-state index contributed by atoms with van der Waals surface area (Å²) in [6, 6.07) is 20.4. The quantitative estimate of drug-likeness (QED) is 0.402. The lowest BCUT2D eigenvalue weighted by Gasteiger charge is -2.10. The van der Waals surface area contributed by atoms with Gasteiger partial charge in [-0.3, -0.25) is 4.72 Å². The Morgan fingerprint density at radius 3 is 2.31 bits per heavy atom. The number of rotatable bonds is 5. The van der Waals surface area contributed by atoms with Crippen LogP contribution in [0.25, 0.3) is 22.8 Å². The van der Waals surface area contributed by atoms with Crippen molar-refractivity contribution in [2.24, 2.45) is 0 Å². The van der Waals surface area contributed by atoms with Gasteiger partial charge >= 0.3 is 0 Å². The lowest BCUT2D eigenvalue weighted by atomic mass is 10.2. The predicted octanol–water partition coefficient (Wildman–Crippen LogP) is 6.12. The van der Waals surface area contributed by atoms with Crippen LogP contribution >= 0.6 is 23.2 Å². The van der Waals surface area contributed by atoms with Crippen molar-refractivity contribution < 1.29 is 12.8 Å². The third kappa shape index (κ3) is 4.29. The molecule has 0 atom stereocenters. The molecular formula is C21H14Cl2N2O3S. The Bertz CT molecular complexity index is 1250. The smallest absolute Gasteiger partial charge is 0.261 e. The van der Waals surface area contributed by atoms with Crippen molar-refractivity contribution >= 4 is 38.9 Å². The van der Waals surface area contributed by atoms with Gasteiger partial charge in [0.1, 0.15) is 0 Å². The van der Waals surface area contributed by atoms with Crippen LogP contribution in [0.15, 0.2) is 88.3 Å². The number of nitrogens with zero attached hydrogens (tertiary/aromatic N) is 1. The Kier molecular flexibility index (Phi) is 5.32. The Labute approximate surface area is 178 Å². The third-order valence-electron chi connectivity index (χ3n) is 4.15. The molecule has 4 aromatic rings. The summed E-state index contributed by atoms with van der Waals surface area (Å²) >= 11 is 12.0. The van der Waals surface area contributed by atoms with Crippen molar-refractivity contribution in [3.8, 4) is 22.8 Å². The molecular weight excluding hydrogens is 431 g/mol. The Balaban J connectivity index is 1.58. The summed E-state index contributed by atoms with van der Waals surface area (Å²) in [4.78, 5) is 4.36. The number of hydrogen-bond acceptors (Lipinski definition) is 4. The highest BCUT2D eigenvalue weighted by molar-refractivity contribution is 7.92. The summed E-state index contributed by atoms with van der Waals surface area (Å²) in [6.45, 7) is 0. The van der Waals surface area contributed by atoms with E-state index in [1.54, 1.807) is 24.4 Å². The number of benzene rings is 3. The van der Waals surface area contributed by atoms with Crippen LogP contribution in [0, 0.1) is 0 Å². The second-order valence-corrected chi connectivity index (χ2v) is 8.68. The van der Waals surface area contributed by atoms with E-state index in [2.05, 4.69) is 9.71 Å². The van der Waals surface area contributed by atoms with Crippen molar-refractivity contribution in [3.05, 3.63) is 89.0 Å². The number of sulfonamides is 1. The number of nitrogens with one attached hydrogen (secondary N) is 1. The van der Waals surface area contributed by atoms with Crippen LogP contribution in [0.1, 0.15) is 0 Å². The minimum atomic E-state index is -3.83. The number of aromatic nitrogens is 1. The van der Waals surface area contributed by atoms with Crippen LogP contribution in [0.5, 0.6) is 0 Å². The molecule has 0 amide bonds. The molecule has 0 spiro atoms. The molecule has 0 fully saturated rings. The van der Waals surface area contributed by atoms with Gasteiger partial charge < -0.3 is 4.42 Å². The number of hydrogen-bond donors (Lipinski definition) is 1. The summed E-state index contributed by atoms with van der Waals surface area (Å²) in [7, 11) is -3.83. The third-order valence-corrected chi connectivity index (χ3v) is 6.09. The molecule has 0 aliphatic rings. The van der Waals surface area contributed by atoms with E-state index in [1.807, 2.05) is 30.3 Å². The molecule has 0 saturated carbocycles. The van der Waals surface area contributed by atoms with Gasteiger partial charge in [0.2, 0.25) is 5.89 Å². The first-order chi connectivity index (χ1) is 13.9. The van der Waals surface area contributed by atoms with Gasteiger partial charge in [0, 0.05) is 16.1 Å². The fourth-order valence-corrected chi connectivity index (χ4v) is 4.16. The summed E-state index contributed by atoms with van der Waals surface area (Å²) in [5, 5.41) is 0.628. The zero-order valence-electron chi connectivity index (χ0n) is 14.8. The molecule has 8 heteroatoms. The summed E-state index contributed by atoms with van der Waals surface area (Å²) < 4.78 is 33.5. The number of anilines is 1. The fraction of sp³-hybridized carbons (Fsp3) is 0. The van der Waals surface area contributed by atoms with Crippen molar-refractivity contribution in [2.75, 3.05) is 4.72 Å². The van der Waals surface area contributed by atoms with Crippen LogP contribution < -0.4 is 4.72 Å². The molecule has 1 N–H and O–H groups in total. The van der Waals surface area contributed by atoms with E-state index in [-0.39, 0.29) is 15.6 Å². The molecule has 1 heterocycles. The van der Waals surface area contributed by atoms with Crippen LogP contribution in [-0.2, 0) is 10.0 Å². The highest BCUT2D eigenvalue weighted by Crippen LogP contribution is 2.29. The van der Waals surface area contributed by atoms with Gasteiger partial charge in [-0.1, -0.05) is 53.5 Å². The van der Waals surface area contributed by atoms with Gasteiger partial charge in [-0.2, -0.15) is 0 Å². The summed E-state index contributed by atoms with van der Waals surface area (Å²) in [6.07, 6.45) is 1.64. The first kappa shape index (κ1) is 19.5. The lowest BCUT2D eigenvalue weighted by molar-refractivity contribution is 0.588. The molecule has 0 aliphatic heterocycles. The van der Waals surface area contributed by atoms with Crippen LogP contribution in [0.2, 0.25) is 10.0 Å². The highest BCUT2D eigenvalue weighted by atomic mass is 35.5. The maximum Gasteiger partial charge on any atom is 0.261 e. The van der Waals surface area contributed by atoms with Gasteiger partial charge in [-0.05, 0) is 42.5 Å². The molecule has 146 valence electrons. The number of halogens is 2.